The van der Waals surface area contributed by atoms with Crippen molar-refractivity contribution in [3.63, 3.8) is 0 Å². The molecule has 1 aromatic heterocycles. The molecular formula is C19H25FN4O2. The molecule has 7 heteroatoms. The van der Waals surface area contributed by atoms with Crippen LogP contribution in [0.25, 0.3) is 0 Å². The summed E-state index contributed by atoms with van der Waals surface area (Å²) in [6.45, 7) is 2.01. The third kappa shape index (κ3) is 3.26. The smallest absolute Gasteiger partial charge is 0.123 e. The molecule has 6 nitrogen and oxygen atoms in total. The molecule has 2 aliphatic rings. The molecule has 3 heterocycles. The van der Waals surface area contributed by atoms with Crippen molar-refractivity contribution in [1.29, 1.82) is 0 Å². The Kier molecular flexibility index (Phi) is 5.02. The SMILES string of the molecule is NC(c1cn(C2(c3ccc(F)cc3)CCOCC2)nn1)C1CCCCO1. The van der Waals surface area contributed by atoms with Gasteiger partial charge in [-0.05, 0) is 37.0 Å². The van der Waals surface area contributed by atoms with Gasteiger partial charge in [0.25, 0.3) is 0 Å². The highest BCUT2D eigenvalue weighted by molar-refractivity contribution is 5.27. The lowest BCUT2D eigenvalue weighted by Crippen LogP contribution is -2.41. The Labute approximate surface area is 152 Å². The molecule has 0 bridgehead atoms. The molecule has 0 radical (unpaired) electrons. The fraction of sp³-hybridized carbons (Fsp3) is 0.579. The molecule has 2 fully saturated rings. The number of ether oxygens (including phenoxy) is 2. The summed E-state index contributed by atoms with van der Waals surface area (Å²) in [5.41, 5.74) is 7.77. The van der Waals surface area contributed by atoms with Gasteiger partial charge in [-0.3, -0.25) is 0 Å². The van der Waals surface area contributed by atoms with Crippen LogP contribution in [0, 0.1) is 5.82 Å². The summed E-state index contributed by atoms with van der Waals surface area (Å²) in [4.78, 5) is 0. The van der Waals surface area contributed by atoms with Crippen LogP contribution < -0.4 is 5.73 Å². The summed E-state index contributed by atoms with van der Waals surface area (Å²) < 4.78 is 26.7. The Bertz CT molecular complexity index is 721. The van der Waals surface area contributed by atoms with E-state index in [0.717, 1.165) is 50.0 Å². The predicted molar refractivity (Wildman–Crippen MR) is 94.1 cm³/mol. The van der Waals surface area contributed by atoms with Crippen LogP contribution in [0.2, 0.25) is 0 Å². The molecule has 0 aliphatic carbocycles. The van der Waals surface area contributed by atoms with E-state index < -0.39 is 0 Å². The Morgan fingerprint density at radius 2 is 1.92 bits per heavy atom. The van der Waals surface area contributed by atoms with Gasteiger partial charge in [0.1, 0.15) is 11.5 Å². The van der Waals surface area contributed by atoms with Crippen molar-refractivity contribution in [1.82, 2.24) is 15.0 Å². The van der Waals surface area contributed by atoms with Crippen molar-refractivity contribution in [2.45, 2.75) is 49.8 Å². The topological polar surface area (TPSA) is 75.2 Å². The van der Waals surface area contributed by atoms with Crippen molar-refractivity contribution >= 4 is 0 Å². The maximum absolute atomic E-state index is 13.4. The fourth-order valence-corrected chi connectivity index (χ4v) is 4.00. The zero-order valence-corrected chi connectivity index (χ0v) is 14.8. The average Bonchev–Trinajstić information content (AvgIpc) is 3.20. The number of nitrogens with zero attached hydrogens (tertiary/aromatic N) is 3. The zero-order chi connectivity index (χ0) is 18.0. The molecule has 0 amide bonds. The maximum atomic E-state index is 13.4. The van der Waals surface area contributed by atoms with Crippen molar-refractivity contribution < 1.29 is 13.9 Å². The van der Waals surface area contributed by atoms with Gasteiger partial charge < -0.3 is 15.2 Å². The van der Waals surface area contributed by atoms with E-state index in [1.807, 2.05) is 23.0 Å². The molecule has 2 unspecified atom stereocenters. The van der Waals surface area contributed by atoms with Crippen LogP contribution in [0.5, 0.6) is 0 Å². The number of rotatable bonds is 4. The number of aromatic nitrogens is 3. The van der Waals surface area contributed by atoms with Crippen LogP contribution in [-0.4, -0.2) is 40.9 Å². The second-order valence-electron chi connectivity index (χ2n) is 7.17. The number of nitrogens with two attached hydrogens (primary N) is 1. The zero-order valence-electron chi connectivity index (χ0n) is 14.8. The van der Waals surface area contributed by atoms with Gasteiger partial charge in [-0.1, -0.05) is 17.3 Å². The standard InChI is InChI=1S/C19H25FN4O2/c20-15-6-4-14(5-7-15)19(8-11-25-12-9-19)24-13-16(22-23-24)18(21)17-3-1-2-10-26-17/h4-7,13,17-18H,1-3,8-12,21H2. The lowest BCUT2D eigenvalue weighted by atomic mass is 9.82. The van der Waals surface area contributed by atoms with Crippen molar-refractivity contribution in [2.24, 2.45) is 5.73 Å². The van der Waals surface area contributed by atoms with E-state index >= 15 is 0 Å². The first-order valence-electron chi connectivity index (χ1n) is 9.33. The molecule has 2 saturated heterocycles. The highest BCUT2D eigenvalue weighted by atomic mass is 19.1. The first-order valence-corrected chi connectivity index (χ1v) is 9.33. The van der Waals surface area contributed by atoms with E-state index in [2.05, 4.69) is 10.3 Å². The van der Waals surface area contributed by atoms with E-state index in [-0.39, 0.29) is 23.5 Å². The maximum Gasteiger partial charge on any atom is 0.123 e. The van der Waals surface area contributed by atoms with Gasteiger partial charge in [-0.2, -0.15) is 0 Å². The molecule has 2 N–H and O–H groups in total. The van der Waals surface area contributed by atoms with Gasteiger partial charge in [0.05, 0.1) is 23.9 Å². The van der Waals surface area contributed by atoms with Crippen molar-refractivity contribution in [3.8, 4) is 0 Å². The minimum Gasteiger partial charge on any atom is -0.381 e. The summed E-state index contributed by atoms with van der Waals surface area (Å²) >= 11 is 0. The van der Waals surface area contributed by atoms with Gasteiger partial charge >= 0.3 is 0 Å². The summed E-state index contributed by atoms with van der Waals surface area (Å²) in [7, 11) is 0. The molecule has 0 spiro atoms. The molecule has 2 atom stereocenters. The second kappa shape index (κ2) is 7.42. The van der Waals surface area contributed by atoms with Gasteiger partial charge in [-0.15, -0.1) is 5.10 Å². The van der Waals surface area contributed by atoms with E-state index in [4.69, 9.17) is 15.2 Å². The minimum atomic E-state index is -0.385. The Hall–Kier alpha value is -1.83. The lowest BCUT2D eigenvalue weighted by molar-refractivity contribution is -0.000833. The van der Waals surface area contributed by atoms with E-state index in [0.29, 0.717) is 13.2 Å². The van der Waals surface area contributed by atoms with Gasteiger partial charge in [0, 0.05) is 32.7 Å². The summed E-state index contributed by atoms with van der Waals surface area (Å²) in [6.07, 6.45) is 6.60. The Balaban J connectivity index is 1.64. The quantitative estimate of drug-likeness (QED) is 0.907. The fourth-order valence-electron chi connectivity index (χ4n) is 4.00. The van der Waals surface area contributed by atoms with Gasteiger partial charge in [0.15, 0.2) is 0 Å². The summed E-state index contributed by atoms with van der Waals surface area (Å²) in [6, 6.07) is 6.35. The van der Waals surface area contributed by atoms with Crippen molar-refractivity contribution in [3.05, 3.63) is 47.5 Å². The van der Waals surface area contributed by atoms with Gasteiger partial charge in [0.2, 0.25) is 0 Å². The summed E-state index contributed by atoms with van der Waals surface area (Å²) in [5, 5.41) is 8.76. The lowest BCUT2D eigenvalue weighted by Gasteiger charge is -2.37. The number of hydrogen-bond donors (Lipinski definition) is 1. The molecule has 1 aromatic carbocycles. The van der Waals surface area contributed by atoms with Crippen LogP contribution in [0.4, 0.5) is 4.39 Å². The highest BCUT2D eigenvalue weighted by Gasteiger charge is 2.38. The van der Waals surface area contributed by atoms with E-state index in [1.165, 1.54) is 12.1 Å². The van der Waals surface area contributed by atoms with Crippen LogP contribution in [0.15, 0.2) is 30.5 Å². The van der Waals surface area contributed by atoms with Gasteiger partial charge in [-0.25, -0.2) is 9.07 Å². The Morgan fingerprint density at radius 3 is 2.62 bits per heavy atom. The monoisotopic (exact) mass is 360 g/mol. The molecular weight excluding hydrogens is 335 g/mol. The number of hydrogen-bond acceptors (Lipinski definition) is 5. The third-order valence-electron chi connectivity index (χ3n) is 5.61. The molecule has 2 aliphatic heterocycles. The van der Waals surface area contributed by atoms with E-state index in [1.54, 1.807) is 0 Å². The number of halogens is 1. The Morgan fingerprint density at radius 1 is 1.15 bits per heavy atom. The highest BCUT2D eigenvalue weighted by Crippen LogP contribution is 2.36. The number of benzene rings is 1. The first kappa shape index (κ1) is 17.6. The molecule has 2 aromatic rings. The average molecular weight is 360 g/mol. The molecule has 140 valence electrons. The molecule has 0 saturated carbocycles. The van der Waals surface area contributed by atoms with Crippen LogP contribution in [0.1, 0.15) is 49.4 Å². The minimum absolute atomic E-state index is 0.00893. The van der Waals surface area contributed by atoms with Crippen molar-refractivity contribution in [2.75, 3.05) is 19.8 Å². The summed E-state index contributed by atoms with van der Waals surface area (Å²) in [5.74, 6) is -0.244. The molecule has 26 heavy (non-hydrogen) atoms. The first-order chi connectivity index (χ1) is 12.7. The van der Waals surface area contributed by atoms with E-state index in [9.17, 15) is 4.39 Å². The van der Waals surface area contributed by atoms with Crippen LogP contribution in [-0.2, 0) is 15.0 Å². The second-order valence-corrected chi connectivity index (χ2v) is 7.17. The third-order valence-corrected chi connectivity index (χ3v) is 5.61. The predicted octanol–water partition coefficient (Wildman–Crippen LogP) is 2.54. The molecule has 4 rings (SSSR count). The van der Waals surface area contributed by atoms with Crippen LogP contribution >= 0.6 is 0 Å². The normalized spacial score (nSPS) is 24.3. The largest absolute Gasteiger partial charge is 0.381 e. The van der Waals surface area contributed by atoms with Crippen LogP contribution in [0.3, 0.4) is 0 Å².